The smallest absolute Gasteiger partial charge is 0.165 e. The second-order valence-electron chi connectivity index (χ2n) is 6.86. The zero-order valence-electron chi connectivity index (χ0n) is 13.5. The predicted molar refractivity (Wildman–Crippen MR) is 85.2 cm³/mol. The van der Waals surface area contributed by atoms with Crippen molar-refractivity contribution in [2.75, 3.05) is 0 Å². The molecular formula is C19H18NO3-. The minimum atomic E-state index is -1.30. The van der Waals surface area contributed by atoms with Gasteiger partial charge < -0.3 is 9.90 Å². The first kappa shape index (κ1) is 15.4. The molecule has 0 N–H and O–H groups in total. The third kappa shape index (κ3) is 2.65. The Kier molecular flexibility index (Phi) is 3.55. The molecule has 23 heavy (non-hydrogen) atoms. The molecule has 0 fully saturated rings. The minimum absolute atomic E-state index is 0.0167. The van der Waals surface area contributed by atoms with Gasteiger partial charge in [-0.2, -0.15) is 0 Å². The minimum Gasteiger partial charge on any atom is -0.545 e. The number of pyridine rings is 1. The number of benzene rings is 1. The summed E-state index contributed by atoms with van der Waals surface area (Å²) in [6.45, 7) is 5.71. The molecule has 3 rings (SSSR count). The van der Waals surface area contributed by atoms with Crippen LogP contribution in [0.4, 0.5) is 0 Å². The molecule has 118 valence electrons. The first-order valence-electron chi connectivity index (χ1n) is 7.63. The molecule has 4 heteroatoms. The summed E-state index contributed by atoms with van der Waals surface area (Å²) in [5, 5.41) is 11.7. The second kappa shape index (κ2) is 5.30. The Hall–Kier alpha value is -2.49. The zero-order valence-corrected chi connectivity index (χ0v) is 13.5. The molecule has 0 amide bonds. The average molecular weight is 308 g/mol. The van der Waals surface area contributed by atoms with Gasteiger partial charge >= 0.3 is 0 Å². The lowest BCUT2D eigenvalue weighted by molar-refractivity contribution is -0.255. The number of carbonyl (C=O) groups is 2. The van der Waals surface area contributed by atoms with E-state index in [1.54, 1.807) is 6.92 Å². The molecule has 1 aromatic heterocycles. The molecule has 0 aliphatic heterocycles. The van der Waals surface area contributed by atoms with E-state index in [0.29, 0.717) is 40.9 Å². The second-order valence-corrected chi connectivity index (χ2v) is 6.86. The number of aromatic nitrogens is 1. The third-order valence-corrected chi connectivity index (χ3v) is 4.28. The highest BCUT2D eigenvalue weighted by molar-refractivity contribution is 6.09. The van der Waals surface area contributed by atoms with Gasteiger partial charge in [0.2, 0.25) is 0 Å². The van der Waals surface area contributed by atoms with Gasteiger partial charge in [0.05, 0.1) is 11.7 Å². The molecule has 1 aliphatic carbocycles. The number of carbonyl (C=O) groups excluding carboxylic acids is 2. The number of aryl methyl sites for hydroxylation is 1. The fourth-order valence-corrected chi connectivity index (χ4v) is 3.37. The van der Waals surface area contributed by atoms with Crippen LogP contribution in [0.1, 0.15) is 52.4 Å². The van der Waals surface area contributed by atoms with Gasteiger partial charge in [-0.05, 0) is 24.3 Å². The number of hydrogen-bond donors (Lipinski definition) is 0. The fourth-order valence-electron chi connectivity index (χ4n) is 3.37. The molecule has 1 aromatic carbocycles. The standard InChI is InChI=1S/C19H19NO3/c1-11-15(18(22)23)16(12-7-5-4-6-8-12)17-13(20-11)9-19(2,3)10-14(17)21/h4-8H,9-10H2,1-3H3,(H,22,23)/p-1. The Morgan fingerprint density at radius 3 is 2.39 bits per heavy atom. The van der Waals surface area contributed by atoms with E-state index in [9.17, 15) is 14.7 Å². The van der Waals surface area contributed by atoms with E-state index in [2.05, 4.69) is 4.98 Å². The Morgan fingerprint density at radius 1 is 1.13 bits per heavy atom. The van der Waals surface area contributed by atoms with Crippen molar-refractivity contribution in [2.24, 2.45) is 5.41 Å². The largest absolute Gasteiger partial charge is 0.545 e. The molecule has 0 saturated carbocycles. The van der Waals surface area contributed by atoms with Gasteiger partial charge in [0.1, 0.15) is 0 Å². The summed E-state index contributed by atoms with van der Waals surface area (Å²) >= 11 is 0. The number of carboxylic acids is 1. The lowest BCUT2D eigenvalue weighted by atomic mass is 9.73. The highest BCUT2D eigenvalue weighted by Gasteiger charge is 2.35. The normalized spacial score (nSPS) is 16.0. The molecule has 0 spiro atoms. The van der Waals surface area contributed by atoms with Crippen LogP contribution in [0.5, 0.6) is 0 Å². The van der Waals surface area contributed by atoms with Crippen LogP contribution in [-0.2, 0) is 6.42 Å². The molecule has 0 radical (unpaired) electrons. The first-order valence-corrected chi connectivity index (χ1v) is 7.63. The Labute approximate surface area is 135 Å². The van der Waals surface area contributed by atoms with E-state index in [-0.39, 0.29) is 16.8 Å². The van der Waals surface area contributed by atoms with Crippen LogP contribution < -0.4 is 5.11 Å². The highest BCUT2D eigenvalue weighted by atomic mass is 16.4. The van der Waals surface area contributed by atoms with Crippen molar-refractivity contribution in [3.05, 3.63) is 52.8 Å². The van der Waals surface area contributed by atoms with Gasteiger partial charge in [-0.15, -0.1) is 0 Å². The number of rotatable bonds is 2. The van der Waals surface area contributed by atoms with Crippen LogP contribution in [0.3, 0.4) is 0 Å². The van der Waals surface area contributed by atoms with Crippen LogP contribution in [0.2, 0.25) is 0 Å². The quantitative estimate of drug-likeness (QED) is 0.855. The summed E-state index contributed by atoms with van der Waals surface area (Å²) in [4.78, 5) is 28.8. The molecule has 0 bridgehead atoms. The summed E-state index contributed by atoms with van der Waals surface area (Å²) in [7, 11) is 0. The molecule has 0 unspecified atom stereocenters. The van der Waals surface area contributed by atoms with Gasteiger partial charge in [-0.1, -0.05) is 44.2 Å². The van der Waals surface area contributed by atoms with Crippen molar-refractivity contribution in [3.63, 3.8) is 0 Å². The molecular weight excluding hydrogens is 290 g/mol. The van der Waals surface area contributed by atoms with Crippen LogP contribution in [-0.4, -0.2) is 16.7 Å². The van der Waals surface area contributed by atoms with Crippen LogP contribution in [0, 0.1) is 12.3 Å². The maximum absolute atomic E-state index is 12.7. The van der Waals surface area contributed by atoms with E-state index in [0.717, 1.165) is 0 Å². The number of carboxylic acid groups (broad SMARTS) is 1. The molecule has 1 heterocycles. The van der Waals surface area contributed by atoms with Gasteiger partial charge in [0.25, 0.3) is 0 Å². The SMILES string of the molecule is Cc1nc2c(c(-c3ccccc3)c1C(=O)[O-])C(=O)CC(C)(C)C2. The van der Waals surface area contributed by atoms with E-state index >= 15 is 0 Å². The number of aromatic carboxylic acids is 1. The van der Waals surface area contributed by atoms with Crippen LogP contribution in [0.15, 0.2) is 30.3 Å². The topological polar surface area (TPSA) is 70.1 Å². The lowest BCUT2D eigenvalue weighted by Crippen LogP contribution is -2.32. The van der Waals surface area contributed by atoms with Crippen molar-refractivity contribution in [3.8, 4) is 11.1 Å². The molecule has 4 nitrogen and oxygen atoms in total. The number of ketones is 1. The van der Waals surface area contributed by atoms with Crippen molar-refractivity contribution in [2.45, 2.75) is 33.6 Å². The predicted octanol–water partition coefficient (Wildman–Crippen LogP) is 2.58. The van der Waals surface area contributed by atoms with Gasteiger partial charge in [-0.25, -0.2) is 0 Å². The molecule has 2 aromatic rings. The number of fused-ring (bicyclic) bond motifs is 1. The third-order valence-electron chi connectivity index (χ3n) is 4.28. The first-order chi connectivity index (χ1) is 10.8. The van der Waals surface area contributed by atoms with E-state index in [1.165, 1.54) is 0 Å². The summed E-state index contributed by atoms with van der Waals surface area (Å²) in [5.74, 6) is -1.35. The monoisotopic (exact) mass is 308 g/mol. The van der Waals surface area contributed by atoms with Gasteiger partial charge in [-0.3, -0.25) is 9.78 Å². The van der Waals surface area contributed by atoms with Crippen molar-refractivity contribution < 1.29 is 14.7 Å². The molecule has 1 aliphatic rings. The Balaban J connectivity index is 2.38. The number of Topliss-reactive ketones (excluding diaryl/α,β-unsaturated/α-hetero) is 1. The highest BCUT2D eigenvalue weighted by Crippen LogP contribution is 2.40. The Bertz CT molecular complexity index is 807. The number of nitrogens with zero attached hydrogens (tertiary/aromatic N) is 1. The summed E-state index contributed by atoms with van der Waals surface area (Å²) < 4.78 is 0. The van der Waals surface area contributed by atoms with Crippen LogP contribution in [0.25, 0.3) is 11.1 Å². The fraction of sp³-hybridized carbons (Fsp3) is 0.316. The summed E-state index contributed by atoms with van der Waals surface area (Å²) in [6.07, 6.45) is 1.04. The molecule has 0 atom stereocenters. The van der Waals surface area contributed by atoms with Crippen molar-refractivity contribution in [1.29, 1.82) is 0 Å². The summed E-state index contributed by atoms with van der Waals surface area (Å²) in [5.41, 5.74) is 2.54. The Morgan fingerprint density at radius 2 is 1.78 bits per heavy atom. The molecule has 0 saturated heterocycles. The maximum Gasteiger partial charge on any atom is 0.165 e. The lowest BCUT2D eigenvalue weighted by Gasteiger charge is -2.32. The average Bonchev–Trinajstić information content (AvgIpc) is 2.44. The van der Waals surface area contributed by atoms with Crippen molar-refractivity contribution in [1.82, 2.24) is 4.98 Å². The van der Waals surface area contributed by atoms with Gasteiger partial charge in [0, 0.05) is 28.8 Å². The van der Waals surface area contributed by atoms with Crippen LogP contribution >= 0.6 is 0 Å². The van der Waals surface area contributed by atoms with Gasteiger partial charge in [0.15, 0.2) is 5.78 Å². The van der Waals surface area contributed by atoms with E-state index < -0.39 is 5.97 Å². The number of hydrogen-bond acceptors (Lipinski definition) is 4. The maximum atomic E-state index is 12.7. The summed E-state index contributed by atoms with van der Waals surface area (Å²) in [6, 6.07) is 9.14. The van der Waals surface area contributed by atoms with E-state index in [4.69, 9.17) is 0 Å². The van der Waals surface area contributed by atoms with Crippen molar-refractivity contribution >= 4 is 11.8 Å². The zero-order chi connectivity index (χ0) is 16.8. The van der Waals surface area contributed by atoms with E-state index in [1.807, 2.05) is 44.2 Å².